The molecule has 0 nitrogen and oxygen atoms in total. The molecule has 0 aromatic rings. The molecule has 0 saturated carbocycles. The van der Waals surface area contributed by atoms with Crippen molar-refractivity contribution in [2.45, 2.75) is 41.5 Å². The Balaban J connectivity index is 0. The molecule has 0 bridgehead atoms. The van der Waals surface area contributed by atoms with Crippen LogP contribution in [0.15, 0.2) is 25.3 Å². The third-order valence-electron chi connectivity index (χ3n) is 2.71. The van der Waals surface area contributed by atoms with Crippen LogP contribution in [0.5, 0.6) is 0 Å². The molecule has 1 atom stereocenters. The lowest BCUT2D eigenvalue weighted by atomic mass is 9.71. The maximum Gasteiger partial charge on any atom is -0.0144 e. The van der Waals surface area contributed by atoms with E-state index in [2.05, 4.69) is 46.9 Å². The van der Waals surface area contributed by atoms with Gasteiger partial charge in [0.05, 0.1) is 0 Å². The van der Waals surface area contributed by atoms with E-state index in [0.717, 1.165) is 6.42 Å². The third kappa shape index (κ3) is 4.31. The molecule has 0 saturated heterocycles. The van der Waals surface area contributed by atoms with Crippen molar-refractivity contribution in [2.24, 2.45) is 17.3 Å². The maximum atomic E-state index is 3.88. The van der Waals surface area contributed by atoms with Gasteiger partial charge in [0.2, 0.25) is 0 Å². The lowest BCUT2D eigenvalue weighted by Crippen LogP contribution is -2.25. The Labute approximate surface area is 84.7 Å². The summed E-state index contributed by atoms with van der Waals surface area (Å²) in [5, 5.41) is 0. The van der Waals surface area contributed by atoms with Gasteiger partial charge in [0.25, 0.3) is 0 Å². The van der Waals surface area contributed by atoms with E-state index in [1.807, 2.05) is 6.08 Å². The van der Waals surface area contributed by atoms with Crippen LogP contribution in [0.1, 0.15) is 41.5 Å². The summed E-state index contributed by atoms with van der Waals surface area (Å²) in [5.74, 6) is 1.35. The average molecular weight is 182 g/mol. The lowest BCUT2D eigenvalue weighted by Gasteiger charge is -2.34. The van der Waals surface area contributed by atoms with Crippen LogP contribution in [0.4, 0.5) is 0 Å². The summed E-state index contributed by atoms with van der Waals surface area (Å²) in [4.78, 5) is 0. The van der Waals surface area contributed by atoms with Gasteiger partial charge in [0, 0.05) is 0 Å². The molecule has 0 heteroatoms. The second kappa shape index (κ2) is 6.01. The van der Waals surface area contributed by atoms with Gasteiger partial charge in [-0.2, -0.15) is 0 Å². The Morgan fingerprint density at radius 3 is 1.92 bits per heavy atom. The molecule has 0 amide bonds. The van der Waals surface area contributed by atoms with Gasteiger partial charge in [-0.05, 0) is 23.7 Å². The smallest absolute Gasteiger partial charge is 0.0144 e. The van der Waals surface area contributed by atoms with E-state index in [9.17, 15) is 0 Å². The highest BCUT2D eigenvalue weighted by Gasteiger charge is 2.27. The summed E-state index contributed by atoms with van der Waals surface area (Å²) >= 11 is 0. The molecule has 0 aliphatic carbocycles. The van der Waals surface area contributed by atoms with E-state index >= 15 is 0 Å². The number of rotatable bonds is 5. The minimum Gasteiger partial charge on any atom is -0.103 e. The fraction of sp³-hybridized carbons (Fsp3) is 0.692. The zero-order valence-corrected chi connectivity index (χ0v) is 8.93. The summed E-state index contributed by atoms with van der Waals surface area (Å²) in [7, 11) is 0. The molecular formula is C13H26. The predicted octanol–water partition coefficient (Wildman–Crippen LogP) is 4.68. The van der Waals surface area contributed by atoms with Crippen LogP contribution in [0.25, 0.3) is 0 Å². The molecule has 0 N–H and O–H groups in total. The predicted molar refractivity (Wildman–Crippen MR) is 63.9 cm³/mol. The highest BCUT2D eigenvalue weighted by atomic mass is 14.3. The molecule has 0 spiro atoms. The Kier molecular flexibility index (Phi) is 6.93. The first kappa shape index (κ1) is 15.0. The Morgan fingerprint density at radius 1 is 1.23 bits per heavy atom. The SMILES string of the molecule is C.C=CC[C@H](C(C)C)C(C)(C)C=C. The van der Waals surface area contributed by atoms with Gasteiger partial charge in [0.1, 0.15) is 0 Å². The lowest BCUT2D eigenvalue weighted by molar-refractivity contribution is 0.214. The summed E-state index contributed by atoms with van der Waals surface area (Å²) in [5.41, 5.74) is 0.225. The van der Waals surface area contributed by atoms with Gasteiger partial charge >= 0.3 is 0 Å². The highest BCUT2D eigenvalue weighted by molar-refractivity contribution is 4.96. The first-order chi connectivity index (χ1) is 5.45. The summed E-state index contributed by atoms with van der Waals surface area (Å²) in [6.45, 7) is 16.7. The van der Waals surface area contributed by atoms with E-state index < -0.39 is 0 Å². The van der Waals surface area contributed by atoms with E-state index in [0.29, 0.717) is 11.8 Å². The van der Waals surface area contributed by atoms with E-state index in [1.165, 1.54) is 0 Å². The molecule has 0 aliphatic heterocycles. The van der Waals surface area contributed by atoms with Crippen molar-refractivity contribution in [1.29, 1.82) is 0 Å². The molecular weight excluding hydrogens is 156 g/mol. The molecule has 0 aromatic carbocycles. The molecule has 0 aliphatic rings. The van der Waals surface area contributed by atoms with Crippen molar-refractivity contribution < 1.29 is 0 Å². The van der Waals surface area contributed by atoms with Crippen molar-refractivity contribution in [1.82, 2.24) is 0 Å². The van der Waals surface area contributed by atoms with Gasteiger partial charge in [-0.25, -0.2) is 0 Å². The first-order valence-electron chi connectivity index (χ1n) is 4.70. The fourth-order valence-corrected chi connectivity index (χ4v) is 1.77. The maximum absolute atomic E-state index is 3.88. The van der Waals surface area contributed by atoms with E-state index in [-0.39, 0.29) is 12.8 Å². The van der Waals surface area contributed by atoms with Gasteiger partial charge in [0.15, 0.2) is 0 Å². The molecule has 0 rings (SSSR count). The van der Waals surface area contributed by atoms with Crippen LogP contribution < -0.4 is 0 Å². The van der Waals surface area contributed by atoms with Gasteiger partial charge < -0.3 is 0 Å². The van der Waals surface area contributed by atoms with Crippen LogP contribution in [0, 0.1) is 17.3 Å². The number of hydrogen-bond acceptors (Lipinski definition) is 0. The van der Waals surface area contributed by atoms with E-state index in [4.69, 9.17) is 0 Å². The number of hydrogen-bond donors (Lipinski definition) is 0. The molecule has 0 aromatic heterocycles. The Hall–Kier alpha value is -0.520. The standard InChI is InChI=1S/C12H22.CH4/c1-7-9-11(10(3)4)12(5,6)8-2;/h7-8,10-11H,1-2,9H2,3-6H3;1H4/t11-;/m1./s1. The Morgan fingerprint density at radius 2 is 1.69 bits per heavy atom. The first-order valence-corrected chi connectivity index (χ1v) is 4.70. The molecule has 0 fully saturated rings. The average Bonchev–Trinajstić information content (AvgIpc) is 1.99. The molecule has 0 radical (unpaired) electrons. The largest absolute Gasteiger partial charge is 0.103 e. The van der Waals surface area contributed by atoms with Crippen LogP contribution in [0.3, 0.4) is 0 Å². The third-order valence-corrected chi connectivity index (χ3v) is 2.71. The topological polar surface area (TPSA) is 0 Å². The normalized spacial score (nSPS) is 13.3. The zero-order chi connectivity index (χ0) is 9.78. The van der Waals surface area contributed by atoms with Crippen molar-refractivity contribution in [3.8, 4) is 0 Å². The highest BCUT2D eigenvalue weighted by Crippen LogP contribution is 2.36. The minimum atomic E-state index is 0. The summed E-state index contributed by atoms with van der Waals surface area (Å²) in [6.07, 6.45) is 5.15. The second-order valence-electron chi connectivity index (χ2n) is 4.40. The Bertz CT molecular complexity index is 151. The van der Waals surface area contributed by atoms with Crippen molar-refractivity contribution in [2.75, 3.05) is 0 Å². The van der Waals surface area contributed by atoms with Crippen molar-refractivity contribution in [3.05, 3.63) is 25.3 Å². The molecule has 13 heavy (non-hydrogen) atoms. The van der Waals surface area contributed by atoms with E-state index in [1.54, 1.807) is 0 Å². The summed E-state index contributed by atoms with van der Waals surface area (Å²) in [6, 6.07) is 0. The van der Waals surface area contributed by atoms with Crippen LogP contribution in [-0.4, -0.2) is 0 Å². The van der Waals surface area contributed by atoms with Crippen LogP contribution in [0.2, 0.25) is 0 Å². The minimum absolute atomic E-state index is 0. The van der Waals surface area contributed by atoms with Crippen LogP contribution in [-0.2, 0) is 0 Å². The van der Waals surface area contributed by atoms with Crippen LogP contribution >= 0.6 is 0 Å². The molecule has 0 unspecified atom stereocenters. The van der Waals surface area contributed by atoms with Gasteiger partial charge in [-0.1, -0.05) is 47.3 Å². The molecule has 78 valence electrons. The zero-order valence-electron chi connectivity index (χ0n) is 8.93. The summed E-state index contributed by atoms with van der Waals surface area (Å²) < 4.78 is 0. The second-order valence-corrected chi connectivity index (χ2v) is 4.40. The monoisotopic (exact) mass is 182 g/mol. The van der Waals surface area contributed by atoms with Gasteiger partial charge in [-0.15, -0.1) is 13.2 Å². The quantitative estimate of drug-likeness (QED) is 0.541. The molecule has 0 heterocycles. The van der Waals surface area contributed by atoms with Crippen molar-refractivity contribution in [3.63, 3.8) is 0 Å². The van der Waals surface area contributed by atoms with Crippen molar-refractivity contribution >= 4 is 0 Å². The fourth-order valence-electron chi connectivity index (χ4n) is 1.77. The number of allylic oxidation sites excluding steroid dienone is 2. The van der Waals surface area contributed by atoms with Gasteiger partial charge in [-0.3, -0.25) is 0 Å².